The molecule has 0 atom stereocenters. The number of aryl methyl sites for hydroxylation is 1. The molecule has 0 fully saturated rings. The number of rotatable bonds is 5. The van der Waals surface area contributed by atoms with E-state index in [0.717, 1.165) is 28.3 Å². The van der Waals surface area contributed by atoms with Gasteiger partial charge in [-0.25, -0.2) is 4.79 Å². The predicted molar refractivity (Wildman–Crippen MR) is 115 cm³/mol. The lowest BCUT2D eigenvalue weighted by molar-refractivity contribution is 0.0697. The van der Waals surface area contributed by atoms with Crippen LogP contribution >= 0.6 is 11.6 Å². The largest absolute Gasteiger partial charge is 0.478 e. The van der Waals surface area contributed by atoms with Crippen molar-refractivity contribution in [1.29, 1.82) is 0 Å². The highest BCUT2D eigenvalue weighted by molar-refractivity contribution is 6.33. The molecule has 1 heterocycles. The quantitative estimate of drug-likeness (QED) is 0.515. The topological polar surface area (TPSA) is 54.6 Å². The van der Waals surface area contributed by atoms with Crippen LogP contribution in [0.1, 0.15) is 52.6 Å². The van der Waals surface area contributed by atoms with E-state index >= 15 is 0 Å². The smallest absolute Gasteiger partial charge is 0.337 e. The number of carboxylic acid groups (broad SMARTS) is 1. The minimum atomic E-state index is -1.04. The minimum Gasteiger partial charge on any atom is -0.478 e. The highest BCUT2D eigenvalue weighted by Gasteiger charge is 2.14. The molecule has 0 aliphatic carbocycles. The third kappa shape index (κ3) is 4.02. The van der Waals surface area contributed by atoms with Crippen molar-refractivity contribution in [3.8, 4) is 5.69 Å². The van der Waals surface area contributed by atoms with E-state index in [9.17, 15) is 9.90 Å². The van der Waals surface area contributed by atoms with Gasteiger partial charge in [0.1, 0.15) is 0 Å². The molecular weight excluding hydrogens is 372 g/mol. The molecule has 5 heteroatoms. The first-order chi connectivity index (χ1) is 13.3. The Kier molecular flexibility index (Phi) is 5.71. The van der Waals surface area contributed by atoms with E-state index in [-0.39, 0.29) is 10.6 Å². The summed E-state index contributed by atoms with van der Waals surface area (Å²) in [7, 11) is 0. The maximum absolute atomic E-state index is 11.4. The molecule has 0 radical (unpaired) electrons. The maximum Gasteiger partial charge on any atom is 0.337 e. The second kappa shape index (κ2) is 8.03. The molecule has 1 aromatic heterocycles. The Morgan fingerprint density at radius 2 is 1.79 bits per heavy atom. The van der Waals surface area contributed by atoms with Crippen LogP contribution in [0.3, 0.4) is 0 Å². The molecule has 0 saturated carbocycles. The summed E-state index contributed by atoms with van der Waals surface area (Å²) >= 11 is 6.00. The Labute approximate surface area is 170 Å². The van der Waals surface area contributed by atoms with E-state index in [2.05, 4.69) is 31.0 Å². The van der Waals surface area contributed by atoms with Crippen LogP contribution in [0.15, 0.2) is 53.5 Å². The third-order valence-electron chi connectivity index (χ3n) is 4.82. The van der Waals surface area contributed by atoms with Crippen molar-refractivity contribution in [1.82, 2.24) is 4.57 Å². The Hall–Kier alpha value is -2.85. The fraction of sp³-hybridized carbons (Fsp3) is 0.217. The van der Waals surface area contributed by atoms with Gasteiger partial charge in [-0.1, -0.05) is 37.6 Å². The zero-order valence-electron chi connectivity index (χ0n) is 16.4. The van der Waals surface area contributed by atoms with Crippen LogP contribution in [0.25, 0.3) is 5.69 Å². The zero-order chi connectivity index (χ0) is 20.4. The zero-order valence-corrected chi connectivity index (χ0v) is 17.2. The fourth-order valence-corrected chi connectivity index (χ4v) is 3.42. The van der Waals surface area contributed by atoms with Crippen LogP contribution in [-0.4, -0.2) is 21.9 Å². The molecule has 0 bridgehead atoms. The summed E-state index contributed by atoms with van der Waals surface area (Å²) < 4.78 is 2.01. The van der Waals surface area contributed by atoms with Crippen LogP contribution in [0.4, 0.5) is 5.69 Å². The van der Waals surface area contributed by atoms with Crippen LogP contribution in [0.2, 0.25) is 5.02 Å². The molecule has 3 aromatic rings. The van der Waals surface area contributed by atoms with Crippen LogP contribution in [0.5, 0.6) is 0 Å². The molecule has 4 nitrogen and oxygen atoms in total. The summed E-state index contributed by atoms with van der Waals surface area (Å²) in [4.78, 5) is 16.0. The maximum atomic E-state index is 11.4. The summed E-state index contributed by atoms with van der Waals surface area (Å²) in [5.74, 6) is -0.548. The number of halogens is 1. The van der Waals surface area contributed by atoms with Crippen molar-refractivity contribution >= 4 is 29.5 Å². The van der Waals surface area contributed by atoms with E-state index in [1.54, 1.807) is 12.1 Å². The van der Waals surface area contributed by atoms with E-state index in [1.165, 1.54) is 5.56 Å². The molecule has 0 unspecified atom stereocenters. The van der Waals surface area contributed by atoms with Crippen molar-refractivity contribution < 1.29 is 9.90 Å². The van der Waals surface area contributed by atoms with Crippen molar-refractivity contribution in [2.24, 2.45) is 4.99 Å². The SMILES string of the molecule is Cc1cc(C=Nc2ccc(C(C)C)cc2)c(C)n1-c1ccc(Cl)c(C(=O)O)c1. The second-order valence-electron chi connectivity index (χ2n) is 7.14. The Morgan fingerprint density at radius 3 is 2.39 bits per heavy atom. The Balaban J connectivity index is 1.94. The number of hydrogen-bond donors (Lipinski definition) is 1. The number of nitrogens with zero attached hydrogens (tertiary/aromatic N) is 2. The van der Waals surface area contributed by atoms with Crippen molar-refractivity contribution in [2.45, 2.75) is 33.6 Å². The van der Waals surface area contributed by atoms with Crippen LogP contribution in [0, 0.1) is 13.8 Å². The normalized spacial score (nSPS) is 11.5. The van der Waals surface area contributed by atoms with Gasteiger partial charge >= 0.3 is 5.97 Å². The van der Waals surface area contributed by atoms with Gasteiger partial charge < -0.3 is 9.67 Å². The van der Waals surface area contributed by atoms with Gasteiger partial charge in [0.25, 0.3) is 0 Å². The Morgan fingerprint density at radius 1 is 1.11 bits per heavy atom. The predicted octanol–water partition coefficient (Wildman–Crippen LogP) is 6.32. The number of aliphatic imine (C=N–C) groups is 1. The lowest BCUT2D eigenvalue weighted by atomic mass is 10.0. The summed E-state index contributed by atoms with van der Waals surface area (Å²) in [5.41, 5.74) is 6.00. The van der Waals surface area contributed by atoms with Gasteiger partial charge in [0.15, 0.2) is 0 Å². The molecule has 3 rings (SSSR count). The molecule has 2 aromatic carbocycles. The molecule has 0 spiro atoms. The lowest BCUT2D eigenvalue weighted by Gasteiger charge is -2.11. The van der Waals surface area contributed by atoms with Crippen molar-refractivity contribution in [3.05, 3.63) is 81.6 Å². The highest BCUT2D eigenvalue weighted by atomic mass is 35.5. The molecule has 28 heavy (non-hydrogen) atoms. The van der Waals surface area contributed by atoms with Gasteiger partial charge in [0, 0.05) is 28.9 Å². The van der Waals surface area contributed by atoms with E-state index in [0.29, 0.717) is 5.92 Å². The number of carboxylic acids is 1. The van der Waals surface area contributed by atoms with Gasteiger partial charge in [-0.2, -0.15) is 0 Å². The number of aromatic nitrogens is 1. The van der Waals surface area contributed by atoms with Crippen LogP contribution < -0.4 is 0 Å². The summed E-state index contributed by atoms with van der Waals surface area (Å²) in [6, 6.07) is 15.3. The average molecular weight is 395 g/mol. The van der Waals surface area contributed by atoms with Crippen molar-refractivity contribution in [3.63, 3.8) is 0 Å². The first-order valence-corrected chi connectivity index (χ1v) is 9.52. The van der Waals surface area contributed by atoms with E-state index in [1.807, 2.05) is 48.9 Å². The average Bonchev–Trinajstić information content (AvgIpc) is 2.94. The molecule has 0 amide bonds. The molecule has 144 valence electrons. The molecule has 0 aliphatic rings. The van der Waals surface area contributed by atoms with Gasteiger partial charge in [-0.3, -0.25) is 4.99 Å². The van der Waals surface area contributed by atoms with Gasteiger partial charge in [0.2, 0.25) is 0 Å². The molecule has 0 aliphatic heterocycles. The molecular formula is C23H23ClN2O2. The lowest BCUT2D eigenvalue weighted by Crippen LogP contribution is -2.03. The van der Waals surface area contributed by atoms with Crippen molar-refractivity contribution in [2.75, 3.05) is 0 Å². The second-order valence-corrected chi connectivity index (χ2v) is 7.54. The number of benzene rings is 2. The van der Waals surface area contributed by atoms with Gasteiger partial charge in [0.05, 0.1) is 16.3 Å². The summed E-state index contributed by atoms with van der Waals surface area (Å²) in [6.45, 7) is 8.31. The first kappa shape index (κ1) is 19.9. The fourth-order valence-electron chi connectivity index (χ4n) is 3.22. The molecule has 0 saturated heterocycles. The highest BCUT2D eigenvalue weighted by Crippen LogP contribution is 2.25. The minimum absolute atomic E-state index is 0.0899. The summed E-state index contributed by atoms with van der Waals surface area (Å²) in [6.07, 6.45) is 1.84. The van der Waals surface area contributed by atoms with E-state index < -0.39 is 5.97 Å². The number of hydrogen-bond acceptors (Lipinski definition) is 2. The van der Waals surface area contributed by atoms with Crippen LogP contribution in [-0.2, 0) is 0 Å². The number of aromatic carboxylic acids is 1. The third-order valence-corrected chi connectivity index (χ3v) is 5.15. The first-order valence-electron chi connectivity index (χ1n) is 9.14. The number of carbonyl (C=O) groups is 1. The van der Waals surface area contributed by atoms with E-state index in [4.69, 9.17) is 11.6 Å². The summed E-state index contributed by atoms with van der Waals surface area (Å²) in [5, 5.41) is 9.56. The van der Waals surface area contributed by atoms with Gasteiger partial charge in [-0.05, 0) is 61.7 Å². The monoisotopic (exact) mass is 394 g/mol. The van der Waals surface area contributed by atoms with Gasteiger partial charge in [-0.15, -0.1) is 0 Å². The standard InChI is InChI=1S/C23H23ClN2O2/c1-14(2)17-5-7-19(8-6-17)25-13-18-11-15(3)26(16(18)4)20-9-10-22(24)21(12-20)23(27)28/h5-14H,1-4H3,(H,27,28). The molecule has 1 N–H and O–H groups in total. The Bertz CT molecular complexity index is 1050.